The van der Waals surface area contributed by atoms with E-state index in [1.807, 2.05) is 42.5 Å². The first kappa shape index (κ1) is 27.7. The molecule has 222 valence electrons. The number of ether oxygens (including phenoxy) is 2. The number of imidazole rings is 1. The topological polar surface area (TPSA) is 121 Å². The number of H-pyrrole nitrogens is 1. The third-order valence-electron chi connectivity index (χ3n) is 8.30. The number of fused-ring (bicyclic) bond motifs is 1. The molecule has 0 unspecified atom stereocenters. The van der Waals surface area contributed by atoms with Gasteiger partial charge >= 0.3 is 5.76 Å². The fraction of sp³-hybridized carbons (Fsp3) is 0.387. The minimum atomic E-state index is -0.594. The van der Waals surface area contributed by atoms with Crippen molar-refractivity contribution in [2.75, 3.05) is 6.61 Å². The van der Waals surface area contributed by atoms with Crippen LogP contribution in [0.5, 0.6) is 5.88 Å². The van der Waals surface area contributed by atoms with Gasteiger partial charge in [-0.2, -0.15) is 9.37 Å². The van der Waals surface area contributed by atoms with Gasteiger partial charge in [-0.05, 0) is 73.9 Å². The van der Waals surface area contributed by atoms with Crippen LogP contribution in [0.4, 0.5) is 4.39 Å². The van der Waals surface area contributed by atoms with Crippen molar-refractivity contribution in [2.45, 2.75) is 63.7 Å². The molecule has 1 saturated carbocycles. The van der Waals surface area contributed by atoms with Crippen LogP contribution in [0.15, 0.2) is 58.0 Å². The second-order valence-corrected chi connectivity index (χ2v) is 11.7. The maximum absolute atomic E-state index is 14.6. The number of aromatic amines is 1. The number of hydrogen-bond donors (Lipinski definition) is 1. The fourth-order valence-electron chi connectivity index (χ4n) is 5.88. The lowest BCUT2D eigenvalue weighted by molar-refractivity contribution is -0.0590. The zero-order valence-electron chi connectivity index (χ0n) is 23.3. The quantitative estimate of drug-likeness (QED) is 0.233. The first-order valence-corrected chi connectivity index (χ1v) is 14.9. The molecule has 0 amide bonds. The Balaban J connectivity index is 1.02. The highest BCUT2D eigenvalue weighted by Gasteiger charge is 2.28. The molecule has 7 rings (SSSR count). The molecular formula is C31H30ClFN6O4. The summed E-state index contributed by atoms with van der Waals surface area (Å²) < 4.78 is 33.3. The predicted octanol–water partition coefficient (Wildman–Crippen LogP) is 5.52. The minimum Gasteiger partial charge on any atom is -0.472 e. The fourth-order valence-corrected chi connectivity index (χ4v) is 6.01. The van der Waals surface area contributed by atoms with Crippen LogP contribution >= 0.6 is 11.6 Å². The first-order valence-electron chi connectivity index (χ1n) is 14.6. The zero-order valence-corrected chi connectivity index (χ0v) is 24.1. The van der Waals surface area contributed by atoms with Gasteiger partial charge in [0.2, 0.25) is 5.82 Å². The Morgan fingerprint density at radius 2 is 1.88 bits per heavy atom. The van der Waals surface area contributed by atoms with Crippen LogP contribution in [-0.2, 0) is 24.1 Å². The van der Waals surface area contributed by atoms with E-state index in [4.69, 9.17) is 26.1 Å². The summed E-state index contributed by atoms with van der Waals surface area (Å²) in [6.07, 6.45) is 7.03. The Morgan fingerprint density at radius 1 is 1.07 bits per heavy atom. The van der Waals surface area contributed by atoms with Gasteiger partial charge in [-0.3, -0.25) is 9.51 Å². The molecule has 3 aromatic heterocycles. The van der Waals surface area contributed by atoms with E-state index in [0.717, 1.165) is 79.7 Å². The Hall–Kier alpha value is -4.09. The number of halogens is 2. The SMILES string of the molecule is O=c1[nH]c(-c2ccc3c(c2)nc(C[C@H]2CC[C@H](Oc4nc(Cc5ccc(Cl)cc5)ncc4F)CC2)n3C[C@@H]2CCO2)no1. The van der Waals surface area contributed by atoms with E-state index < -0.39 is 11.6 Å². The van der Waals surface area contributed by atoms with Gasteiger partial charge in [0, 0.05) is 30.0 Å². The molecule has 12 heteroatoms. The van der Waals surface area contributed by atoms with E-state index in [1.165, 1.54) is 6.20 Å². The molecule has 2 fully saturated rings. The van der Waals surface area contributed by atoms with Gasteiger partial charge in [-0.25, -0.2) is 14.8 Å². The lowest BCUT2D eigenvalue weighted by Gasteiger charge is -2.30. The molecule has 1 atom stereocenters. The second kappa shape index (κ2) is 11.9. The number of hydrogen-bond acceptors (Lipinski definition) is 8. The third kappa shape index (κ3) is 6.18. The van der Waals surface area contributed by atoms with Crippen molar-refractivity contribution in [3.8, 4) is 17.3 Å². The number of benzene rings is 2. The van der Waals surface area contributed by atoms with Crippen molar-refractivity contribution in [3.05, 3.63) is 87.3 Å². The van der Waals surface area contributed by atoms with E-state index in [2.05, 4.69) is 29.2 Å². The Morgan fingerprint density at radius 3 is 2.60 bits per heavy atom. The van der Waals surface area contributed by atoms with E-state index in [0.29, 0.717) is 29.0 Å². The van der Waals surface area contributed by atoms with E-state index in [9.17, 15) is 9.18 Å². The molecule has 2 aliphatic rings. The average molecular weight is 605 g/mol. The maximum Gasteiger partial charge on any atom is 0.439 e. The van der Waals surface area contributed by atoms with Gasteiger partial charge in [0.25, 0.3) is 5.88 Å². The minimum absolute atomic E-state index is 0.00830. The summed E-state index contributed by atoms with van der Waals surface area (Å²) in [5, 5.41) is 4.47. The van der Waals surface area contributed by atoms with Gasteiger partial charge in [0.1, 0.15) is 17.8 Å². The summed E-state index contributed by atoms with van der Waals surface area (Å²) in [7, 11) is 0. The number of rotatable bonds is 9. The number of nitrogens with zero attached hydrogens (tertiary/aromatic N) is 5. The summed E-state index contributed by atoms with van der Waals surface area (Å²) >= 11 is 5.98. The van der Waals surface area contributed by atoms with Gasteiger partial charge in [-0.1, -0.05) is 28.9 Å². The maximum atomic E-state index is 14.6. The van der Waals surface area contributed by atoms with Crippen LogP contribution < -0.4 is 10.5 Å². The summed E-state index contributed by atoms with van der Waals surface area (Å²) in [5.41, 5.74) is 3.58. The average Bonchev–Trinajstić information content (AvgIpc) is 3.57. The molecule has 10 nitrogen and oxygen atoms in total. The molecule has 1 aliphatic heterocycles. The van der Waals surface area contributed by atoms with Gasteiger partial charge in [0.15, 0.2) is 5.82 Å². The van der Waals surface area contributed by atoms with E-state index >= 15 is 0 Å². The molecule has 2 aromatic carbocycles. The Bertz CT molecular complexity index is 1790. The van der Waals surface area contributed by atoms with Gasteiger partial charge < -0.3 is 14.0 Å². The zero-order chi connectivity index (χ0) is 29.3. The summed E-state index contributed by atoms with van der Waals surface area (Å²) in [6.45, 7) is 1.53. The van der Waals surface area contributed by atoms with Gasteiger partial charge in [0.05, 0.1) is 29.9 Å². The summed E-state index contributed by atoms with van der Waals surface area (Å²) in [5.74, 6) is 1.16. The van der Waals surface area contributed by atoms with E-state index in [-0.39, 0.29) is 18.1 Å². The summed E-state index contributed by atoms with van der Waals surface area (Å²) in [4.78, 5) is 27.6. The lowest BCUT2D eigenvalue weighted by Crippen LogP contribution is -2.32. The van der Waals surface area contributed by atoms with Crippen LogP contribution in [0.3, 0.4) is 0 Å². The van der Waals surface area contributed by atoms with Gasteiger partial charge in [-0.15, -0.1) is 0 Å². The molecule has 4 heterocycles. The predicted molar refractivity (Wildman–Crippen MR) is 157 cm³/mol. The standard InChI is InChI=1S/C31H30ClFN6O4/c32-21-6-1-18(2-7-21)13-27-34-16-24(33)30(36-27)42-22-8-3-19(4-9-22)14-28-35-25-15-20(29-37-31(40)43-38-29)5-10-26(25)39(28)17-23-11-12-41-23/h1-2,5-7,10,15-16,19,22-23H,3-4,8-9,11-14,17H2,(H,37,38,40)/t19-,22-,23-/m0/s1. The highest BCUT2D eigenvalue weighted by Crippen LogP contribution is 2.32. The number of aromatic nitrogens is 6. The number of nitrogens with one attached hydrogen (secondary N) is 1. The van der Waals surface area contributed by atoms with Crippen molar-refractivity contribution >= 4 is 22.6 Å². The van der Waals surface area contributed by atoms with Crippen LogP contribution in [0.2, 0.25) is 5.02 Å². The molecule has 0 spiro atoms. The van der Waals surface area contributed by atoms with Crippen molar-refractivity contribution in [1.82, 2.24) is 29.7 Å². The molecule has 1 saturated heterocycles. The monoisotopic (exact) mass is 604 g/mol. The molecule has 0 radical (unpaired) electrons. The molecule has 1 N–H and O–H groups in total. The van der Waals surface area contributed by atoms with Crippen molar-refractivity contribution in [1.29, 1.82) is 0 Å². The normalized spacial score (nSPS) is 20.3. The van der Waals surface area contributed by atoms with Crippen molar-refractivity contribution < 1.29 is 18.4 Å². The summed E-state index contributed by atoms with van der Waals surface area (Å²) in [6, 6.07) is 13.3. The molecule has 43 heavy (non-hydrogen) atoms. The lowest BCUT2D eigenvalue weighted by atomic mass is 9.85. The Labute approximate surface area is 251 Å². The molecule has 5 aromatic rings. The van der Waals surface area contributed by atoms with Crippen molar-refractivity contribution in [2.24, 2.45) is 5.92 Å². The molecular weight excluding hydrogens is 575 g/mol. The third-order valence-corrected chi connectivity index (χ3v) is 8.55. The Kier molecular flexibility index (Phi) is 7.67. The highest BCUT2D eigenvalue weighted by atomic mass is 35.5. The van der Waals surface area contributed by atoms with Crippen LogP contribution in [0.1, 0.15) is 49.3 Å². The molecule has 1 aliphatic carbocycles. The highest BCUT2D eigenvalue weighted by molar-refractivity contribution is 6.30. The first-order chi connectivity index (χ1) is 21.0. The van der Waals surface area contributed by atoms with Crippen LogP contribution in [0, 0.1) is 11.7 Å². The van der Waals surface area contributed by atoms with Crippen LogP contribution in [0.25, 0.3) is 22.4 Å². The van der Waals surface area contributed by atoms with Crippen LogP contribution in [-0.4, -0.2) is 48.5 Å². The smallest absolute Gasteiger partial charge is 0.439 e. The van der Waals surface area contributed by atoms with E-state index in [1.54, 1.807) is 0 Å². The van der Waals surface area contributed by atoms with Crippen molar-refractivity contribution in [3.63, 3.8) is 0 Å². The molecule has 0 bridgehead atoms. The largest absolute Gasteiger partial charge is 0.472 e. The second-order valence-electron chi connectivity index (χ2n) is 11.3.